The highest BCUT2D eigenvalue weighted by atomic mass is 16.1. The molecule has 1 fully saturated rings. The number of rotatable bonds is 3. The Balaban J connectivity index is 2.52. The summed E-state index contributed by atoms with van der Waals surface area (Å²) in [7, 11) is 0. The molecule has 0 N–H and O–H groups in total. The van der Waals surface area contributed by atoms with Crippen molar-refractivity contribution in [2.24, 2.45) is 22.2 Å². The smallest absolute Gasteiger partial charge is 0.137 e. The predicted octanol–water partition coefficient (Wildman–Crippen LogP) is 4.06. The van der Waals surface area contributed by atoms with Gasteiger partial charge in [-0.05, 0) is 22.7 Å². The molecule has 0 unspecified atom stereocenters. The van der Waals surface area contributed by atoms with Crippen molar-refractivity contribution in [1.29, 1.82) is 0 Å². The highest BCUT2D eigenvalue weighted by molar-refractivity contribution is 5.86. The van der Waals surface area contributed by atoms with Gasteiger partial charge in [0.15, 0.2) is 0 Å². The molecule has 1 aliphatic carbocycles. The van der Waals surface area contributed by atoms with Gasteiger partial charge in [-0.25, -0.2) is 0 Å². The van der Waals surface area contributed by atoms with Crippen molar-refractivity contribution in [1.82, 2.24) is 0 Å². The van der Waals surface area contributed by atoms with Crippen LogP contribution in [0.25, 0.3) is 0 Å². The number of Topliss-reactive ketones (excluding diaryl/α,β-unsaturated/α-hetero) is 1. The summed E-state index contributed by atoms with van der Waals surface area (Å²) in [5.41, 5.74) is 0.697. The van der Waals surface area contributed by atoms with E-state index in [-0.39, 0.29) is 22.2 Å². The zero-order valence-corrected chi connectivity index (χ0v) is 11.4. The number of carbonyl (C=O) groups is 1. The summed E-state index contributed by atoms with van der Waals surface area (Å²) in [4.78, 5) is 12.1. The van der Waals surface area contributed by atoms with Crippen molar-refractivity contribution in [3.05, 3.63) is 0 Å². The van der Waals surface area contributed by atoms with Gasteiger partial charge in [0, 0.05) is 12.3 Å². The first-order valence-electron chi connectivity index (χ1n) is 6.03. The minimum atomic E-state index is 0.210. The SMILES string of the molecule is CC(C)(C)CCC(=O)C1C(C)(C)C1(C)C. The van der Waals surface area contributed by atoms with Crippen LogP contribution in [-0.4, -0.2) is 5.78 Å². The number of carbonyl (C=O) groups excluding carboxylic acids is 1. The van der Waals surface area contributed by atoms with Crippen LogP contribution in [0, 0.1) is 22.2 Å². The molecule has 0 spiro atoms. The van der Waals surface area contributed by atoms with E-state index in [2.05, 4.69) is 48.5 Å². The second-order valence-electron chi connectivity index (χ2n) is 7.40. The Morgan fingerprint density at radius 1 is 1.07 bits per heavy atom. The summed E-state index contributed by atoms with van der Waals surface area (Å²) < 4.78 is 0. The first kappa shape index (κ1) is 12.7. The fourth-order valence-corrected chi connectivity index (χ4v) is 2.64. The van der Waals surface area contributed by atoms with Crippen LogP contribution in [0.1, 0.15) is 61.3 Å². The zero-order chi connectivity index (χ0) is 12.1. The lowest BCUT2D eigenvalue weighted by Gasteiger charge is -2.17. The number of hydrogen-bond acceptors (Lipinski definition) is 1. The Morgan fingerprint density at radius 3 is 1.73 bits per heavy atom. The standard InChI is InChI=1S/C14H26O/c1-12(2,3)9-8-10(15)11-13(4,5)14(11,6)7/h11H,8-9H2,1-7H3. The van der Waals surface area contributed by atoms with Gasteiger partial charge in [-0.15, -0.1) is 0 Å². The van der Waals surface area contributed by atoms with Crippen LogP contribution in [-0.2, 0) is 4.79 Å². The minimum Gasteiger partial charge on any atom is -0.299 e. The van der Waals surface area contributed by atoms with Crippen molar-refractivity contribution in [3.63, 3.8) is 0 Å². The van der Waals surface area contributed by atoms with E-state index in [0.29, 0.717) is 5.78 Å². The average Bonchev–Trinajstić information content (AvgIpc) is 2.37. The Morgan fingerprint density at radius 2 is 1.47 bits per heavy atom. The largest absolute Gasteiger partial charge is 0.299 e. The summed E-state index contributed by atoms with van der Waals surface area (Å²) in [5, 5.41) is 0. The second kappa shape index (κ2) is 3.33. The van der Waals surface area contributed by atoms with Crippen LogP contribution in [0.2, 0.25) is 0 Å². The van der Waals surface area contributed by atoms with Gasteiger partial charge in [0.25, 0.3) is 0 Å². The van der Waals surface area contributed by atoms with Crippen molar-refractivity contribution in [2.45, 2.75) is 61.3 Å². The normalized spacial score (nSPS) is 23.9. The lowest BCUT2D eigenvalue weighted by atomic mass is 9.88. The molecule has 0 aromatic heterocycles. The van der Waals surface area contributed by atoms with E-state index in [0.717, 1.165) is 12.8 Å². The number of ketones is 1. The van der Waals surface area contributed by atoms with Gasteiger partial charge < -0.3 is 0 Å². The zero-order valence-electron chi connectivity index (χ0n) is 11.4. The van der Waals surface area contributed by atoms with E-state index in [1.54, 1.807) is 0 Å². The molecule has 0 aromatic rings. The Hall–Kier alpha value is -0.330. The maximum absolute atomic E-state index is 12.1. The van der Waals surface area contributed by atoms with Gasteiger partial charge in [0.05, 0.1) is 0 Å². The lowest BCUT2D eigenvalue weighted by molar-refractivity contribution is -0.121. The van der Waals surface area contributed by atoms with E-state index in [4.69, 9.17) is 0 Å². The molecule has 0 atom stereocenters. The summed E-state index contributed by atoms with van der Waals surface area (Å²) in [6.07, 6.45) is 1.76. The van der Waals surface area contributed by atoms with Gasteiger partial charge in [-0.1, -0.05) is 48.5 Å². The quantitative estimate of drug-likeness (QED) is 0.686. The molecule has 1 rings (SSSR count). The maximum atomic E-state index is 12.1. The molecule has 0 heterocycles. The monoisotopic (exact) mass is 210 g/mol. The molecule has 15 heavy (non-hydrogen) atoms. The van der Waals surface area contributed by atoms with Crippen LogP contribution in [0.15, 0.2) is 0 Å². The Kier molecular flexibility index (Phi) is 2.83. The molecule has 1 saturated carbocycles. The molecule has 0 aromatic carbocycles. The average molecular weight is 210 g/mol. The molecular weight excluding hydrogens is 184 g/mol. The first-order valence-corrected chi connectivity index (χ1v) is 6.03. The van der Waals surface area contributed by atoms with Crippen molar-refractivity contribution in [2.75, 3.05) is 0 Å². The molecule has 0 aliphatic heterocycles. The van der Waals surface area contributed by atoms with Crippen molar-refractivity contribution in [3.8, 4) is 0 Å². The molecule has 0 amide bonds. The molecule has 88 valence electrons. The highest BCUT2D eigenvalue weighted by Crippen LogP contribution is 2.68. The molecule has 0 radical (unpaired) electrons. The lowest BCUT2D eigenvalue weighted by Crippen LogP contribution is -2.12. The summed E-state index contributed by atoms with van der Waals surface area (Å²) in [6.45, 7) is 15.5. The van der Waals surface area contributed by atoms with Gasteiger partial charge in [-0.3, -0.25) is 4.79 Å². The fourth-order valence-electron chi connectivity index (χ4n) is 2.64. The van der Waals surface area contributed by atoms with Crippen molar-refractivity contribution >= 4 is 5.78 Å². The predicted molar refractivity (Wildman–Crippen MR) is 64.7 cm³/mol. The molecule has 0 bridgehead atoms. The van der Waals surface area contributed by atoms with E-state index in [1.165, 1.54) is 0 Å². The minimum absolute atomic E-state index is 0.210. The van der Waals surface area contributed by atoms with Gasteiger partial charge in [-0.2, -0.15) is 0 Å². The van der Waals surface area contributed by atoms with Crippen LogP contribution in [0.4, 0.5) is 0 Å². The third kappa shape index (κ3) is 2.26. The molecular formula is C14H26O. The van der Waals surface area contributed by atoms with Gasteiger partial charge >= 0.3 is 0 Å². The molecule has 0 saturated heterocycles. The summed E-state index contributed by atoms with van der Waals surface area (Å²) in [6, 6.07) is 0. The first-order chi connectivity index (χ1) is 6.50. The van der Waals surface area contributed by atoms with Crippen molar-refractivity contribution < 1.29 is 4.79 Å². The van der Waals surface area contributed by atoms with E-state index >= 15 is 0 Å². The van der Waals surface area contributed by atoms with Crippen LogP contribution < -0.4 is 0 Å². The van der Waals surface area contributed by atoms with Gasteiger partial charge in [0.2, 0.25) is 0 Å². The fraction of sp³-hybridized carbons (Fsp3) is 0.929. The third-order valence-corrected chi connectivity index (χ3v) is 4.46. The molecule has 1 aliphatic rings. The van der Waals surface area contributed by atoms with E-state index < -0.39 is 0 Å². The Bertz CT molecular complexity index is 252. The molecule has 1 nitrogen and oxygen atoms in total. The van der Waals surface area contributed by atoms with Crippen LogP contribution in [0.3, 0.4) is 0 Å². The highest BCUT2D eigenvalue weighted by Gasteiger charge is 2.67. The topological polar surface area (TPSA) is 17.1 Å². The van der Waals surface area contributed by atoms with Crippen LogP contribution in [0.5, 0.6) is 0 Å². The molecule has 1 heteroatoms. The van der Waals surface area contributed by atoms with E-state index in [1.807, 2.05) is 0 Å². The van der Waals surface area contributed by atoms with Gasteiger partial charge in [0.1, 0.15) is 5.78 Å². The number of hydrogen-bond donors (Lipinski definition) is 0. The Labute approximate surface area is 94.6 Å². The maximum Gasteiger partial charge on any atom is 0.137 e. The third-order valence-electron chi connectivity index (χ3n) is 4.46. The van der Waals surface area contributed by atoms with E-state index in [9.17, 15) is 4.79 Å². The summed E-state index contributed by atoms with van der Waals surface area (Å²) >= 11 is 0. The second-order valence-corrected chi connectivity index (χ2v) is 7.40. The summed E-state index contributed by atoms with van der Waals surface area (Å²) in [5.74, 6) is 0.757. The van der Waals surface area contributed by atoms with Crippen LogP contribution >= 0.6 is 0 Å².